The minimum absolute atomic E-state index is 0.0984. The zero-order valence-electron chi connectivity index (χ0n) is 13.7. The first kappa shape index (κ1) is 17.5. The summed E-state index contributed by atoms with van der Waals surface area (Å²) in [5.74, 6) is 0.636. The molecule has 21 heavy (non-hydrogen) atoms. The maximum atomic E-state index is 11.9. The van der Waals surface area contributed by atoms with E-state index in [4.69, 9.17) is 9.47 Å². The molecule has 1 rings (SSSR count). The molecular formula is C17H27NO3. The predicted molar refractivity (Wildman–Crippen MR) is 84.7 cm³/mol. The van der Waals surface area contributed by atoms with E-state index in [9.17, 15) is 4.79 Å². The number of hydrogen-bond donors (Lipinski definition) is 1. The number of carbonyl (C=O) groups is 1. The van der Waals surface area contributed by atoms with Gasteiger partial charge in [-0.3, -0.25) is 4.79 Å². The lowest BCUT2D eigenvalue weighted by Crippen LogP contribution is -2.37. The van der Waals surface area contributed by atoms with Crippen molar-refractivity contribution in [3.8, 4) is 5.75 Å². The number of benzene rings is 1. The van der Waals surface area contributed by atoms with Gasteiger partial charge in [-0.1, -0.05) is 6.07 Å². The fraction of sp³-hybridized carbons (Fsp3) is 0.588. The van der Waals surface area contributed by atoms with Crippen LogP contribution in [-0.4, -0.2) is 31.3 Å². The zero-order valence-corrected chi connectivity index (χ0v) is 13.7. The molecule has 0 bridgehead atoms. The van der Waals surface area contributed by atoms with E-state index in [2.05, 4.69) is 11.4 Å². The van der Waals surface area contributed by atoms with E-state index in [1.54, 1.807) is 6.92 Å². The highest BCUT2D eigenvalue weighted by atomic mass is 16.5. The molecule has 1 amide bonds. The summed E-state index contributed by atoms with van der Waals surface area (Å²) in [4.78, 5) is 11.9. The first-order valence-corrected chi connectivity index (χ1v) is 7.52. The Kier molecular flexibility index (Phi) is 7.23. The van der Waals surface area contributed by atoms with Gasteiger partial charge >= 0.3 is 0 Å². The van der Waals surface area contributed by atoms with Crippen LogP contribution < -0.4 is 10.1 Å². The van der Waals surface area contributed by atoms with E-state index in [1.807, 2.05) is 39.8 Å². The van der Waals surface area contributed by atoms with Crippen LogP contribution in [0.3, 0.4) is 0 Å². The Hall–Kier alpha value is -1.55. The molecule has 0 spiro atoms. The number of rotatable bonds is 8. The van der Waals surface area contributed by atoms with Gasteiger partial charge in [0.05, 0.1) is 6.10 Å². The maximum Gasteiger partial charge on any atom is 0.260 e. The average Bonchev–Trinajstić information content (AvgIpc) is 2.36. The van der Waals surface area contributed by atoms with Gasteiger partial charge in [0, 0.05) is 13.2 Å². The van der Waals surface area contributed by atoms with Crippen LogP contribution in [0.15, 0.2) is 18.2 Å². The molecule has 4 nitrogen and oxygen atoms in total. The van der Waals surface area contributed by atoms with Crippen molar-refractivity contribution in [2.24, 2.45) is 0 Å². The van der Waals surface area contributed by atoms with Crippen LogP contribution in [0, 0.1) is 13.8 Å². The van der Waals surface area contributed by atoms with Gasteiger partial charge in [-0.15, -0.1) is 0 Å². The Morgan fingerprint density at radius 2 is 1.76 bits per heavy atom. The minimum Gasteiger partial charge on any atom is -0.481 e. The summed E-state index contributed by atoms with van der Waals surface area (Å²) < 4.78 is 11.1. The molecule has 1 aromatic rings. The molecule has 0 radical (unpaired) electrons. The maximum absolute atomic E-state index is 11.9. The van der Waals surface area contributed by atoms with Crippen LogP contribution in [0.2, 0.25) is 0 Å². The van der Waals surface area contributed by atoms with Crippen LogP contribution in [0.4, 0.5) is 0 Å². The summed E-state index contributed by atoms with van der Waals surface area (Å²) >= 11 is 0. The molecule has 0 aliphatic carbocycles. The average molecular weight is 293 g/mol. The monoisotopic (exact) mass is 293 g/mol. The molecule has 0 aromatic heterocycles. The van der Waals surface area contributed by atoms with Crippen molar-refractivity contribution >= 4 is 5.91 Å². The topological polar surface area (TPSA) is 47.6 Å². The van der Waals surface area contributed by atoms with Crippen LogP contribution in [0.1, 0.15) is 38.3 Å². The van der Waals surface area contributed by atoms with E-state index < -0.39 is 6.10 Å². The van der Waals surface area contributed by atoms with Crippen molar-refractivity contribution < 1.29 is 14.3 Å². The van der Waals surface area contributed by atoms with Crippen molar-refractivity contribution in [3.05, 3.63) is 29.3 Å². The highest BCUT2D eigenvalue weighted by Crippen LogP contribution is 2.17. The SMILES string of the molecule is Cc1cc(C)cc(O[C@H](C)C(=O)NCCCOC(C)C)c1. The summed E-state index contributed by atoms with van der Waals surface area (Å²) in [5, 5.41) is 2.86. The molecule has 1 N–H and O–H groups in total. The molecule has 118 valence electrons. The summed E-state index contributed by atoms with van der Waals surface area (Å²) in [6.07, 6.45) is 0.532. The van der Waals surface area contributed by atoms with E-state index >= 15 is 0 Å². The molecule has 0 heterocycles. The Labute approximate surface area is 127 Å². The standard InChI is InChI=1S/C17H27NO3/c1-12(2)20-8-6-7-18-17(19)15(5)21-16-10-13(3)9-14(4)11-16/h9-12,15H,6-8H2,1-5H3,(H,18,19)/t15-/m1/s1. The first-order chi connectivity index (χ1) is 9.88. The molecule has 0 fully saturated rings. The Morgan fingerprint density at radius 1 is 1.14 bits per heavy atom. The normalized spacial score (nSPS) is 12.3. The smallest absolute Gasteiger partial charge is 0.260 e. The number of hydrogen-bond acceptors (Lipinski definition) is 3. The highest BCUT2D eigenvalue weighted by molar-refractivity contribution is 5.80. The number of amides is 1. The summed E-state index contributed by atoms with van der Waals surface area (Å²) in [7, 11) is 0. The van der Waals surface area contributed by atoms with Crippen molar-refractivity contribution in [1.29, 1.82) is 0 Å². The van der Waals surface area contributed by atoms with Gasteiger partial charge in [0.25, 0.3) is 5.91 Å². The Bertz CT molecular complexity index is 437. The van der Waals surface area contributed by atoms with E-state index in [0.29, 0.717) is 13.2 Å². The number of carbonyl (C=O) groups excluding carboxylic acids is 1. The lowest BCUT2D eigenvalue weighted by atomic mass is 10.1. The van der Waals surface area contributed by atoms with Crippen LogP contribution in [0.5, 0.6) is 5.75 Å². The van der Waals surface area contributed by atoms with Crippen LogP contribution in [-0.2, 0) is 9.53 Å². The van der Waals surface area contributed by atoms with E-state index in [1.165, 1.54) is 0 Å². The number of ether oxygens (including phenoxy) is 2. The highest BCUT2D eigenvalue weighted by Gasteiger charge is 2.14. The summed E-state index contributed by atoms with van der Waals surface area (Å²) in [6, 6.07) is 5.95. The molecule has 4 heteroatoms. The third-order valence-corrected chi connectivity index (χ3v) is 2.95. The largest absolute Gasteiger partial charge is 0.481 e. The zero-order chi connectivity index (χ0) is 15.8. The van der Waals surface area contributed by atoms with Gasteiger partial charge in [-0.25, -0.2) is 0 Å². The second-order valence-electron chi connectivity index (χ2n) is 5.65. The predicted octanol–water partition coefficient (Wildman–Crippen LogP) is 3.00. The van der Waals surface area contributed by atoms with E-state index in [-0.39, 0.29) is 12.0 Å². The summed E-state index contributed by atoms with van der Waals surface area (Å²) in [5.41, 5.74) is 2.26. The van der Waals surface area contributed by atoms with E-state index in [0.717, 1.165) is 23.3 Å². The Morgan fingerprint density at radius 3 is 2.33 bits per heavy atom. The lowest BCUT2D eigenvalue weighted by molar-refractivity contribution is -0.127. The molecule has 1 atom stereocenters. The molecule has 0 aliphatic rings. The molecule has 0 saturated heterocycles. The second kappa shape index (κ2) is 8.67. The minimum atomic E-state index is -0.503. The van der Waals surface area contributed by atoms with Gasteiger partial charge in [0.1, 0.15) is 5.75 Å². The third kappa shape index (κ3) is 7.14. The summed E-state index contributed by atoms with van der Waals surface area (Å²) in [6.45, 7) is 11.0. The Balaban J connectivity index is 2.33. The molecule has 0 unspecified atom stereocenters. The lowest BCUT2D eigenvalue weighted by Gasteiger charge is -2.16. The van der Waals surface area contributed by atoms with Gasteiger partial charge in [0.15, 0.2) is 6.10 Å². The number of nitrogens with one attached hydrogen (secondary N) is 1. The molecule has 0 saturated carbocycles. The van der Waals surface area contributed by atoms with Gasteiger partial charge in [-0.2, -0.15) is 0 Å². The fourth-order valence-electron chi connectivity index (χ4n) is 2.01. The quantitative estimate of drug-likeness (QED) is 0.750. The van der Waals surface area contributed by atoms with Gasteiger partial charge in [0.2, 0.25) is 0 Å². The van der Waals surface area contributed by atoms with Crippen molar-refractivity contribution in [2.45, 2.75) is 53.2 Å². The van der Waals surface area contributed by atoms with Crippen molar-refractivity contribution in [1.82, 2.24) is 5.32 Å². The second-order valence-corrected chi connectivity index (χ2v) is 5.65. The van der Waals surface area contributed by atoms with Crippen molar-refractivity contribution in [2.75, 3.05) is 13.2 Å². The van der Waals surface area contributed by atoms with Gasteiger partial charge < -0.3 is 14.8 Å². The molecular weight excluding hydrogens is 266 g/mol. The molecule has 1 aromatic carbocycles. The first-order valence-electron chi connectivity index (χ1n) is 7.52. The third-order valence-electron chi connectivity index (χ3n) is 2.95. The van der Waals surface area contributed by atoms with Crippen molar-refractivity contribution in [3.63, 3.8) is 0 Å². The van der Waals surface area contributed by atoms with Gasteiger partial charge in [-0.05, 0) is 64.3 Å². The molecule has 0 aliphatic heterocycles. The van der Waals surface area contributed by atoms with Crippen LogP contribution >= 0.6 is 0 Å². The number of aryl methyl sites for hydroxylation is 2. The van der Waals surface area contributed by atoms with Crippen LogP contribution in [0.25, 0.3) is 0 Å². The fourth-order valence-corrected chi connectivity index (χ4v) is 2.01.